The molecular weight excluding hydrogens is 284 g/mol. The number of benzene rings is 2. The summed E-state index contributed by atoms with van der Waals surface area (Å²) < 4.78 is 0. The second-order valence-electron chi connectivity index (χ2n) is 6.88. The maximum absolute atomic E-state index is 12.3. The second kappa shape index (κ2) is 6.71. The van der Waals surface area contributed by atoms with Crippen LogP contribution in [0.2, 0.25) is 0 Å². The number of rotatable bonds is 5. The monoisotopic (exact) mass is 310 g/mol. The van der Waals surface area contributed by atoms with Crippen molar-refractivity contribution in [2.24, 2.45) is 5.73 Å². The second-order valence-corrected chi connectivity index (χ2v) is 6.88. The Labute approximate surface area is 138 Å². The summed E-state index contributed by atoms with van der Waals surface area (Å²) in [4.78, 5) is 14.8. The van der Waals surface area contributed by atoms with Crippen molar-refractivity contribution in [1.29, 1.82) is 0 Å². The van der Waals surface area contributed by atoms with Gasteiger partial charge in [0.1, 0.15) is 0 Å². The Morgan fingerprint density at radius 2 is 1.78 bits per heavy atom. The highest BCUT2D eigenvalue weighted by Gasteiger charge is 2.34. The molecule has 1 amide bonds. The summed E-state index contributed by atoms with van der Waals surface area (Å²) in [5, 5.41) is 2.30. The van der Waals surface area contributed by atoms with Crippen LogP contribution in [0.5, 0.6) is 0 Å². The molecule has 0 aliphatic carbocycles. The lowest BCUT2D eigenvalue weighted by atomic mass is 9.76. The van der Waals surface area contributed by atoms with Crippen LogP contribution in [-0.2, 0) is 10.2 Å². The molecule has 122 valence electrons. The van der Waals surface area contributed by atoms with Crippen molar-refractivity contribution in [3.63, 3.8) is 0 Å². The van der Waals surface area contributed by atoms with Crippen LogP contribution in [0.3, 0.4) is 0 Å². The van der Waals surface area contributed by atoms with Gasteiger partial charge in [-0.15, -0.1) is 0 Å². The number of piperidine rings is 1. The third-order valence-electron chi connectivity index (χ3n) is 5.30. The van der Waals surface area contributed by atoms with Gasteiger partial charge in [0.2, 0.25) is 5.91 Å². The lowest BCUT2D eigenvalue weighted by molar-refractivity contribution is -0.123. The Balaban J connectivity index is 1.91. The highest BCUT2D eigenvalue weighted by Crippen LogP contribution is 2.33. The largest absolute Gasteiger partial charge is 0.369 e. The normalized spacial score (nSPS) is 18.7. The molecular formula is C20H26N2O. The summed E-state index contributed by atoms with van der Waals surface area (Å²) in [6.07, 6.45) is 4.63. The molecule has 3 rings (SSSR count). The van der Waals surface area contributed by atoms with E-state index in [-0.39, 0.29) is 5.91 Å². The van der Waals surface area contributed by atoms with Crippen LogP contribution in [0.25, 0.3) is 10.8 Å². The first-order valence-corrected chi connectivity index (χ1v) is 8.62. The lowest BCUT2D eigenvalue weighted by Gasteiger charge is -2.33. The first-order valence-electron chi connectivity index (χ1n) is 8.62. The summed E-state index contributed by atoms with van der Waals surface area (Å²) in [5.74, 6) is -0.231. The maximum Gasteiger partial charge on any atom is 0.227 e. The van der Waals surface area contributed by atoms with Gasteiger partial charge in [-0.1, -0.05) is 48.9 Å². The molecule has 2 aromatic carbocycles. The van der Waals surface area contributed by atoms with Gasteiger partial charge in [0.15, 0.2) is 0 Å². The first-order chi connectivity index (χ1) is 11.1. The third kappa shape index (κ3) is 3.25. The Morgan fingerprint density at radius 1 is 1.09 bits per heavy atom. The Hall–Kier alpha value is -1.87. The molecule has 0 spiro atoms. The number of carbonyl (C=O) groups is 1. The number of carbonyl (C=O) groups excluding carboxylic acids is 1. The Bertz CT molecular complexity index is 686. The van der Waals surface area contributed by atoms with E-state index in [1.165, 1.54) is 19.3 Å². The van der Waals surface area contributed by atoms with E-state index in [1.807, 2.05) is 25.1 Å². The van der Waals surface area contributed by atoms with Crippen LogP contribution >= 0.6 is 0 Å². The van der Waals surface area contributed by atoms with E-state index in [2.05, 4.69) is 29.2 Å². The van der Waals surface area contributed by atoms with Crippen molar-refractivity contribution in [3.8, 4) is 0 Å². The molecule has 0 bridgehead atoms. The van der Waals surface area contributed by atoms with Gasteiger partial charge in [0.05, 0.1) is 5.41 Å². The number of hydrogen-bond acceptors (Lipinski definition) is 2. The van der Waals surface area contributed by atoms with E-state index in [1.54, 1.807) is 0 Å². The van der Waals surface area contributed by atoms with E-state index < -0.39 is 5.41 Å². The molecule has 1 heterocycles. The molecule has 1 atom stereocenters. The molecule has 2 N–H and O–H groups in total. The smallest absolute Gasteiger partial charge is 0.227 e. The van der Waals surface area contributed by atoms with Crippen LogP contribution in [0.15, 0.2) is 42.5 Å². The molecule has 1 aliphatic heterocycles. The molecule has 1 aliphatic rings. The average molecular weight is 310 g/mol. The molecule has 3 heteroatoms. The molecule has 1 unspecified atom stereocenters. The molecule has 0 aromatic heterocycles. The summed E-state index contributed by atoms with van der Waals surface area (Å²) in [5.41, 5.74) is 6.28. The SMILES string of the molecule is CC(CCN1CCCCC1)(C(N)=O)c1cccc2ccccc12. The highest BCUT2D eigenvalue weighted by atomic mass is 16.1. The lowest BCUT2D eigenvalue weighted by Crippen LogP contribution is -2.42. The van der Waals surface area contributed by atoms with Gasteiger partial charge < -0.3 is 10.6 Å². The van der Waals surface area contributed by atoms with Gasteiger partial charge in [-0.25, -0.2) is 0 Å². The minimum absolute atomic E-state index is 0.231. The Morgan fingerprint density at radius 3 is 2.52 bits per heavy atom. The van der Waals surface area contributed by atoms with E-state index in [4.69, 9.17) is 5.73 Å². The number of nitrogens with zero attached hydrogens (tertiary/aromatic N) is 1. The van der Waals surface area contributed by atoms with Crippen molar-refractivity contribution in [2.75, 3.05) is 19.6 Å². The fraction of sp³-hybridized carbons (Fsp3) is 0.450. The summed E-state index contributed by atoms with van der Waals surface area (Å²) in [7, 11) is 0. The molecule has 2 aromatic rings. The molecule has 23 heavy (non-hydrogen) atoms. The van der Waals surface area contributed by atoms with E-state index >= 15 is 0 Å². The van der Waals surface area contributed by atoms with Crippen LogP contribution in [0.4, 0.5) is 0 Å². The summed E-state index contributed by atoms with van der Waals surface area (Å²) >= 11 is 0. The summed E-state index contributed by atoms with van der Waals surface area (Å²) in [6.45, 7) is 5.22. The summed E-state index contributed by atoms with van der Waals surface area (Å²) in [6, 6.07) is 14.4. The van der Waals surface area contributed by atoms with Crippen molar-refractivity contribution in [2.45, 2.75) is 38.0 Å². The van der Waals surface area contributed by atoms with Crippen LogP contribution in [0, 0.1) is 0 Å². The first kappa shape index (κ1) is 16.0. The van der Waals surface area contributed by atoms with Crippen molar-refractivity contribution >= 4 is 16.7 Å². The minimum atomic E-state index is -0.627. The van der Waals surface area contributed by atoms with E-state index in [9.17, 15) is 4.79 Å². The number of primary amides is 1. The molecule has 0 radical (unpaired) electrons. The highest BCUT2D eigenvalue weighted by molar-refractivity contribution is 5.94. The van der Waals surface area contributed by atoms with Gasteiger partial charge in [-0.2, -0.15) is 0 Å². The number of hydrogen-bond donors (Lipinski definition) is 1. The van der Waals surface area contributed by atoms with Gasteiger partial charge in [0, 0.05) is 0 Å². The number of likely N-dealkylation sites (tertiary alicyclic amines) is 1. The fourth-order valence-corrected chi connectivity index (χ4v) is 3.66. The topological polar surface area (TPSA) is 46.3 Å². The third-order valence-corrected chi connectivity index (χ3v) is 5.30. The predicted molar refractivity (Wildman–Crippen MR) is 95.4 cm³/mol. The van der Waals surface area contributed by atoms with Crippen LogP contribution in [0.1, 0.15) is 38.2 Å². The van der Waals surface area contributed by atoms with Gasteiger partial charge >= 0.3 is 0 Å². The molecule has 3 nitrogen and oxygen atoms in total. The number of fused-ring (bicyclic) bond motifs is 1. The van der Waals surface area contributed by atoms with Crippen LogP contribution < -0.4 is 5.73 Å². The minimum Gasteiger partial charge on any atom is -0.369 e. The number of nitrogens with two attached hydrogens (primary N) is 1. The van der Waals surface area contributed by atoms with E-state index in [0.29, 0.717) is 0 Å². The maximum atomic E-state index is 12.3. The van der Waals surface area contributed by atoms with Crippen molar-refractivity contribution in [3.05, 3.63) is 48.0 Å². The zero-order chi connectivity index (χ0) is 16.3. The molecule has 1 saturated heterocycles. The zero-order valence-electron chi connectivity index (χ0n) is 13.9. The van der Waals surface area contributed by atoms with Crippen molar-refractivity contribution in [1.82, 2.24) is 4.90 Å². The quantitative estimate of drug-likeness (QED) is 0.919. The molecule has 1 fully saturated rings. The van der Waals surface area contributed by atoms with Crippen molar-refractivity contribution < 1.29 is 4.79 Å². The fourth-order valence-electron chi connectivity index (χ4n) is 3.66. The molecule has 0 saturated carbocycles. The Kier molecular flexibility index (Phi) is 4.67. The van der Waals surface area contributed by atoms with Crippen LogP contribution in [-0.4, -0.2) is 30.4 Å². The zero-order valence-corrected chi connectivity index (χ0v) is 13.9. The average Bonchev–Trinajstić information content (AvgIpc) is 2.60. The standard InChI is InChI=1S/C20H26N2O/c1-20(19(21)23,12-15-22-13-5-2-6-14-22)18-11-7-9-16-8-3-4-10-17(16)18/h3-4,7-11H,2,5-6,12-15H2,1H3,(H2,21,23). The predicted octanol–water partition coefficient (Wildman–Crippen LogP) is 3.46. The van der Waals surface area contributed by atoms with Gasteiger partial charge in [-0.3, -0.25) is 4.79 Å². The van der Waals surface area contributed by atoms with E-state index in [0.717, 1.165) is 42.4 Å². The van der Waals surface area contributed by atoms with Gasteiger partial charge in [0.25, 0.3) is 0 Å². The number of amides is 1. The van der Waals surface area contributed by atoms with Gasteiger partial charge in [-0.05, 0) is 62.2 Å².